The summed E-state index contributed by atoms with van der Waals surface area (Å²) >= 11 is 1.61. The maximum Gasteiger partial charge on any atom is 0.248 e. The number of ether oxygens (including phenoxy) is 1. The number of anilines is 1. The van der Waals surface area contributed by atoms with E-state index in [0.717, 1.165) is 17.0 Å². The number of para-hydroxylation sites is 1. The molecule has 0 saturated carbocycles. The molecule has 2 aromatic carbocycles. The van der Waals surface area contributed by atoms with Gasteiger partial charge in [0.1, 0.15) is 11.8 Å². The monoisotopic (exact) mass is 384 g/mol. The van der Waals surface area contributed by atoms with Crippen LogP contribution in [0.4, 0.5) is 5.69 Å². The number of nitrogens with one attached hydrogen (secondary N) is 1. The molecule has 1 unspecified atom stereocenters. The first-order valence-corrected chi connectivity index (χ1v) is 10.2. The Bertz CT molecular complexity index is 782. The molecule has 142 valence electrons. The number of carbonyl (C=O) groups is 2. The molecule has 1 N–H and O–H groups in total. The number of benzene rings is 2. The Morgan fingerprint density at radius 1 is 1.19 bits per heavy atom. The molecule has 0 aliphatic carbocycles. The van der Waals surface area contributed by atoms with Gasteiger partial charge >= 0.3 is 0 Å². The number of aryl methyl sites for hydroxylation is 1. The van der Waals surface area contributed by atoms with Gasteiger partial charge in [-0.3, -0.25) is 9.59 Å². The fourth-order valence-corrected chi connectivity index (χ4v) is 4.10. The van der Waals surface area contributed by atoms with Crippen molar-refractivity contribution in [1.82, 2.24) is 4.90 Å². The summed E-state index contributed by atoms with van der Waals surface area (Å²) in [5.74, 6) is 1.88. The average Bonchev–Trinajstić information content (AvgIpc) is 3.16. The molecule has 1 fully saturated rings. The van der Waals surface area contributed by atoms with Crippen molar-refractivity contribution in [1.29, 1.82) is 0 Å². The van der Waals surface area contributed by atoms with E-state index in [2.05, 4.69) is 5.32 Å². The summed E-state index contributed by atoms with van der Waals surface area (Å²) in [5.41, 5.74) is 1.89. The summed E-state index contributed by atoms with van der Waals surface area (Å²) in [4.78, 5) is 26.8. The van der Waals surface area contributed by atoms with Gasteiger partial charge in [0.15, 0.2) is 0 Å². The van der Waals surface area contributed by atoms with Gasteiger partial charge in [0.2, 0.25) is 11.8 Å². The van der Waals surface area contributed by atoms with Crippen molar-refractivity contribution in [2.45, 2.75) is 25.8 Å². The summed E-state index contributed by atoms with van der Waals surface area (Å²) in [5, 5.41) is 2.89. The van der Waals surface area contributed by atoms with Crippen molar-refractivity contribution in [3.63, 3.8) is 0 Å². The molecule has 1 aliphatic rings. The Hall–Kier alpha value is -2.47. The standard InChI is InChI=1S/C21H24N2O3S/c1-16-7-5-10-18(13-16)26-12-6-11-20(24)23-15-27-14-19(23)21(25)22-17-8-3-2-4-9-17/h2-5,7-10,13,19H,6,11-12,14-15H2,1H3,(H,22,25). The molecule has 0 aromatic heterocycles. The van der Waals surface area contributed by atoms with E-state index in [0.29, 0.717) is 31.1 Å². The second-order valence-electron chi connectivity index (χ2n) is 6.50. The van der Waals surface area contributed by atoms with Gasteiger partial charge < -0.3 is 15.0 Å². The summed E-state index contributed by atoms with van der Waals surface area (Å²) in [7, 11) is 0. The van der Waals surface area contributed by atoms with Crippen molar-refractivity contribution in [3.05, 3.63) is 60.2 Å². The van der Waals surface area contributed by atoms with Gasteiger partial charge in [-0.15, -0.1) is 11.8 Å². The lowest BCUT2D eigenvalue weighted by molar-refractivity contribution is -0.136. The predicted molar refractivity (Wildman–Crippen MR) is 109 cm³/mol. The van der Waals surface area contributed by atoms with Gasteiger partial charge in [-0.1, -0.05) is 30.3 Å². The molecule has 2 aromatic rings. The third kappa shape index (κ3) is 5.50. The normalized spacial score (nSPS) is 16.2. The minimum Gasteiger partial charge on any atom is -0.494 e. The highest BCUT2D eigenvalue weighted by atomic mass is 32.2. The molecular formula is C21H24N2O3S. The maximum atomic E-state index is 12.6. The molecule has 1 heterocycles. The van der Waals surface area contributed by atoms with Crippen LogP contribution in [-0.4, -0.2) is 41.0 Å². The van der Waals surface area contributed by atoms with Crippen molar-refractivity contribution in [2.75, 3.05) is 23.6 Å². The number of carbonyl (C=O) groups excluding carboxylic acids is 2. The number of hydrogen-bond acceptors (Lipinski definition) is 4. The molecule has 5 nitrogen and oxygen atoms in total. The van der Waals surface area contributed by atoms with Crippen LogP contribution in [0.1, 0.15) is 18.4 Å². The Labute approximate surface area is 164 Å². The lowest BCUT2D eigenvalue weighted by atomic mass is 10.2. The molecule has 0 spiro atoms. The van der Waals surface area contributed by atoms with Crippen molar-refractivity contribution in [2.24, 2.45) is 0 Å². The maximum absolute atomic E-state index is 12.6. The van der Waals surface area contributed by atoms with E-state index in [4.69, 9.17) is 4.74 Å². The number of hydrogen-bond donors (Lipinski definition) is 1. The summed E-state index contributed by atoms with van der Waals surface area (Å²) in [6, 6.07) is 16.8. The third-order valence-electron chi connectivity index (χ3n) is 4.34. The van der Waals surface area contributed by atoms with E-state index < -0.39 is 6.04 Å². The quantitative estimate of drug-likeness (QED) is 0.740. The number of rotatable bonds is 7. The topological polar surface area (TPSA) is 58.6 Å². The summed E-state index contributed by atoms with van der Waals surface area (Å²) < 4.78 is 5.70. The zero-order valence-corrected chi connectivity index (χ0v) is 16.2. The number of thioether (sulfide) groups is 1. The number of nitrogens with zero attached hydrogens (tertiary/aromatic N) is 1. The first kappa shape index (κ1) is 19.3. The van der Waals surface area contributed by atoms with Crippen LogP contribution in [0.15, 0.2) is 54.6 Å². The van der Waals surface area contributed by atoms with Gasteiger partial charge in [0.25, 0.3) is 0 Å². The Kier molecular flexibility index (Phi) is 6.76. The SMILES string of the molecule is Cc1cccc(OCCCC(=O)N2CSCC2C(=O)Nc2ccccc2)c1. The molecule has 2 amide bonds. The molecule has 27 heavy (non-hydrogen) atoms. The van der Waals surface area contributed by atoms with E-state index in [-0.39, 0.29) is 11.8 Å². The van der Waals surface area contributed by atoms with Crippen molar-refractivity contribution < 1.29 is 14.3 Å². The lowest BCUT2D eigenvalue weighted by Crippen LogP contribution is -2.44. The first-order valence-electron chi connectivity index (χ1n) is 9.06. The average molecular weight is 385 g/mol. The van der Waals surface area contributed by atoms with Crippen molar-refractivity contribution >= 4 is 29.3 Å². The van der Waals surface area contributed by atoms with Crippen molar-refractivity contribution in [3.8, 4) is 5.75 Å². The molecule has 1 atom stereocenters. The first-order chi connectivity index (χ1) is 13.1. The van der Waals surface area contributed by atoms with Gasteiger partial charge in [-0.2, -0.15) is 0 Å². The van der Waals surface area contributed by atoms with E-state index >= 15 is 0 Å². The molecule has 1 saturated heterocycles. The van der Waals surface area contributed by atoms with Gasteiger partial charge in [-0.25, -0.2) is 0 Å². The van der Waals surface area contributed by atoms with E-state index in [1.54, 1.807) is 16.7 Å². The Morgan fingerprint density at radius 3 is 2.78 bits per heavy atom. The zero-order chi connectivity index (χ0) is 19.1. The zero-order valence-electron chi connectivity index (χ0n) is 15.4. The van der Waals surface area contributed by atoms with Crippen LogP contribution in [0, 0.1) is 6.92 Å². The van der Waals surface area contributed by atoms with E-state index in [1.165, 1.54) is 0 Å². The second kappa shape index (κ2) is 9.46. The number of amides is 2. The molecule has 0 bridgehead atoms. The fourth-order valence-electron chi connectivity index (χ4n) is 2.91. The molecular weight excluding hydrogens is 360 g/mol. The second-order valence-corrected chi connectivity index (χ2v) is 7.50. The van der Waals surface area contributed by atoms with Crippen LogP contribution in [0.25, 0.3) is 0 Å². The molecule has 1 aliphatic heterocycles. The van der Waals surface area contributed by atoms with Crippen LogP contribution in [0.3, 0.4) is 0 Å². The molecule has 3 rings (SSSR count). The van der Waals surface area contributed by atoms with Crippen LogP contribution >= 0.6 is 11.8 Å². The minimum atomic E-state index is -0.416. The summed E-state index contributed by atoms with van der Waals surface area (Å²) in [6.45, 7) is 2.50. The third-order valence-corrected chi connectivity index (χ3v) is 5.35. The highest BCUT2D eigenvalue weighted by molar-refractivity contribution is 7.99. The largest absolute Gasteiger partial charge is 0.494 e. The van der Waals surface area contributed by atoms with Gasteiger partial charge in [-0.05, 0) is 43.2 Å². The highest BCUT2D eigenvalue weighted by Crippen LogP contribution is 2.23. The van der Waals surface area contributed by atoms with Gasteiger partial charge in [0, 0.05) is 17.9 Å². The fraction of sp³-hybridized carbons (Fsp3) is 0.333. The van der Waals surface area contributed by atoms with Crippen LogP contribution in [0.2, 0.25) is 0 Å². The van der Waals surface area contributed by atoms with E-state index in [9.17, 15) is 9.59 Å². The van der Waals surface area contributed by atoms with Crippen LogP contribution in [-0.2, 0) is 9.59 Å². The van der Waals surface area contributed by atoms with Crippen LogP contribution < -0.4 is 10.1 Å². The molecule has 0 radical (unpaired) electrons. The lowest BCUT2D eigenvalue weighted by Gasteiger charge is -2.23. The van der Waals surface area contributed by atoms with Crippen LogP contribution in [0.5, 0.6) is 5.75 Å². The van der Waals surface area contributed by atoms with E-state index in [1.807, 2.05) is 61.5 Å². The Balaban J connectivity index is 1.46. The van der Waals surface area contributed by atoms with Gasteiger partial charge in [0.05, 0.1) is 12.5 Å². The predicted octanol–water partition coefficient (Wildman–Crippen LogP) is 3.69. The minimum absolute atomic E-state index is 0.000976. The summed E-state index contributed by atoms with van der Waals surface area (Å²) in [6.07, 6.45) is 1.00. The highest BCUT2D eigenvalue weighted by Gasteiger charge is 2.34. The molecule has 6 heteroatoms. The smallest absolute Gasteiger partial charge is 0.248 e. The Morgan fingerprint density at radius 2 is 2.00 bits per heavy atom.